The Morgan fingerprint density at radius 2 is 1.95 bits per heavy atom. The van der Waals surface area contributed by atoms with E-state index in [0.717, 1.165) is 6.54 Å². The minimum absolute atomic E-state index is 0.437. The highest BCUT2D eigenvalue weighted by molar-refractivity contribution is 5.21. The zero-order valence-electron chi connectivity index (χ0n) is 14.2. The molecule has 21 heavy (non-hydrogen) atoms. The highest BCUT2D eigenvalue weighted by Gasteiger charge is 2.35. The van der Waals surface area contributed by atoms with Gasteiger partial charge >= 0.3 is 0 Å². The van der Waals surface area contributed by atoms with Gasteiger partial charge < -0.3 is 5.32 Å². The van der Waals surface area contributed by atoms with E-state index in [1.807, 2.05) is 0 Å². The molecule has 1 aliphatic heterocycles. The third-order valence-corrected chi connectivity index (χ3v) is 4.78. The highest BCUT2D eigenvalue weighted by Crippen LogP contribution is 2.32. The SMILES string of the molecule is CCCNC(c1ccccc1)C(C(C)C)N1CCCC1C. The largest absolute Gasteiger partial charge is 0.309 e. The molecule has 1 aromatic rings. The Bertz CT molecular complexity index is 401. The van der Waals surface area contributed by atoms with E-state index in [2.05, 4.69) is 68.2 Å². The lowest BCUT2D eigenvalue weighted by molar-refractivity contribution is 0.111. The predicted octanol–water partition coefficient (Wildman–Crippen LogP) is 4.24. The van der Waals surface area contributed by atoms with Crippen LogP contribution in [0.3, 0.4) is 0 Å². The van der Waals surface area contributed by atoms with Crippen LogP contribution < -0.4 is 5.32 Å². The molecule has 1 aromatic carbocycles. The number of hydrogen-bond donors (Lipinski definition) is 1. The lowest BCUT2D eigenvalue weighted by atomic mass is 9.89. The van der Waals surface area contributed by atoms with Crippen molar-refractivity contribution in [2.24, 2.45) is 5.92 Å². The minimum atomic E-state index is 0.437. The molecule has 0 radical (unpaired) electrons. The standard InChI is InChI=1S/C19H32N2/c1-5-13-20-18(17-11-7-6-8-12-17)19(15(2)3)21-14-9-10-16(21)4/h6-8,11-12,15-16,18-20H,5,9-10,13-14H2,1-4H3. The highest BCUT2D eigenvalue weighted by atomic mass is 15.2. The van der Waals surface area contributed by atoms with Crippen molar-refractivity contribution in [3.8, 4) is 0 Å². The molecule has 1 N–H and O–H groups in total. The average Bonchev–Trinajstić information content (AvgIpc) is 2.89. The van der Waals surface area contributed by atoms with E-state index < -0.39 is 0 Å². The van der Waals surface area contributed by atoms with Crippen molar-refractivity contribution in [3.05, 3.63) is 35.9 Å². The van der Waals surface area contributed by atoms with Gasteiger partial charge in [0.15, 0.2) is 0 Å². The van der Waals surface area contributed by atoms with Gasteiger partial charge in [0.1, 0.15) is 0 Å². The first-order chi connectivity index (χ1) is 10.1. The van der Waals surface area contributed by atoms with Crippen molar-refractivity contribution < 1.29 is 0 Å². The number of benzene rings is 1. The Balaban J connectivity index is 2.26. The van der Waals surface area contributed by atoms with Gasteiger partial charge in [-0.2, -0.15) is 0 Å². The summed E-state index contributed by atoms with van der Waals surface area (Å²) in [6, 6.07) is 12.7. The van der Waals surface area contributed by atoms with Crippen molar-refractivity contribution >= 4 is 0 Å². The van der Waals surface area contributed by atoms with E-state index in [4.69, 9.17) is 0 Å². The van der Waals surface area contributed by atoms with Crippen LogP contribution in [-0.4, -0.2) is 30.1 Å². The van der Waals surface area contributed by atoms with Crippen molar-refractivity contribution in [2.45, 2.75) is 65.1 Å². The second kappa shape index (κ2) is 7.95. The third kappa shape index (κ3) is 4.08. The van der Waals surface area contributed by atoms with Crippen LogP contribution in [0.2, 0.25) is 0 Å². The molecular weight excluding hydrogens is 256 g/mol. The van der Waals surface area contributed by atoms with Crippen molar-refractivity contribution in [1.29, 1.82) is 0 Å². The summed E-state index contributed by atoms with van der Waals surface area (Å²) in [5.41, 5.74) is 1.43. The smallest absolute Gasteiger partial charge is 0.0480 e. The molecule has 2 rings (SSSR count). The molecule has 3 unspecified atom stereocenters. The summed E-state index contributed by atoms with van der Waals surface area (Å²) in [6.45, 7) is 11.7. The Morgan fingerprint density at radius 1 is 1.24 bits per heavy atom. The van der Waals surface area contributed by atoms with Crippen LogP contribution in [0.25, 0.3) is 0 Å². The van der Waals surface area contributed by atoms with E-state index in [1.165, 1.54) is 31.4 Å². The predicted molar refractivity (Wildman–Crippen MR) is 91.5 cm³/mol. The van der Waals surface area contributed by atoms with Gasteiger partial charge in [0, 0.05) is 18.1 Å². The molecule has 0 aromatic heterocycles. The topological polar surface area (TPSA) is 15.3 Å². The second-order valence-corrected chi connectivity index (χ2v) is 6.81. The molecule has 3 atom stereocenters. The van der Waals surface area contributed by atoms with Gasteiger partial charge in [0.25, 0.3) is 0 Å². The Labute approximate surface area is 130 Å². The van der Waals surface area contributed by atoms with Crippen LogP contribution in [0.4, 0.5) is 0 Å². The molecule has 2 nitrogen and oxygen atoms in total. The van der Waals surface area contributed by atoms with Gasteiger partial charge in [-0.25, -0.2) is 0 Å². The average molecular weight is 288 g/mol. The molecule has 1 fully saturated rings. The second-order valence-electron chi connectivity index (χ2n) is 6.81. The fourth-order valence-corrected chi connectivity index (χ4v) is 3.75. The summed E-state index contributed by atoms with van der Waals surface area (Å²) in [5.74, 6) is 0.653. The number of nitrogens with zero attached hydrogens (tertiary/aromatic N) is 1. The van der Waals surface area contributed by atoms with Crippen molar-refractivity contribution in [1.82, 2.24) is 10.2 Å². The van der Waals surface area contributed by atoms with Gasteiger partial charge in [-0.15, -0.1) is 0 Å². The van der Waals surface area contributed by atoms with E-state index >= 15 is 0 Å². The van der Waals surface area contributed by atoms with E-state index in [9.17, 15) is 0 Å². The number of hydrogen-bond acceptors (Lipinski definition) is 2. The van der Waals surface area contributed by atoms with Crippen LogP contribution in [0, 0.1) is 5.92 Å². The number of rotatable bonds is 7. The lowest BCUT2D eigenvalue weighted by Crippen LogP contribution is -2.49. The molecule has 0 saturated carbocycles. The molecule has 0 amide bonds. The summed E-state index contributed by atoms with van der Waals surface area (Å²) < 4.78 is 0. The third-order valence-electron chi connectivity index (χ3n) is 4.78. The zero-order valence-corrected chi connectivity index (χ0v) is 14.2. The summed E-state index contributed by atoms with van der Waals surface area (Å²) in [5, 5.41) is 3.82. The first-order valence-electron chi connectivity index (χ1n) is 8.69. The molecule has 1 saturated heterocycles. The summed E-state index contributed by atoms with van der Waals surface area (Å²) >= 11 is 0. The maximum absolute atomic E-state index is 3.82. The minimum Gasteiger partial charge on any atom is -0.309 e. The molecule has 0 aliphatic carbocycles. The summed E-state index contributed by atoms with van der Waals surface area (Å²) in [7, 11) is 0. The fraction of sp³-hybridized carbons (Fsp3) is 0.684. The zero-order chi connectivity index (χ0) is 15.2. The van der Waals surface area contributed by atoms with Crippen LogP contribution in [0.15, 0.2) is 30.3 Å². The number of likely N-dealkylation sites (tertiary alicyclic amines) is 1. The maximum atomic E-state index is 3.82. The van der Waals surface area contributed by atoms with Gasteiger partial charge in [0.05, 0.1) is 0 Å². The van der Waals surface area contributed by atoms with Crippen molar-refractivity contribution in [3.63, 3.8) is 0 Å². The molecule has 118 valence electrons. The van der Waals surface area contributed by atoms with E-state index in [1.54, 1.807) is 0 Å². The molecular formula is C19H32N2. The van der Waals surface area contributed by atoms with E-state index in [-0.39, 0.29) is 0 Å². The van der Waals surface area contributed by atoms with E-state index in [0.29, 0.717) is 24.0 Å². The van der Waals surface area contributed by atoms with Gasteiger partial charge in [-0.05, 0) is 50.8 Å². The van der Waals surface area contributed by atoms with Crippen LogP contribution >= 0.6 is 0 Å². The maximum Gasteiger partial charge on any atom is 0.0480 e. The first-order valence-corrected chi connectivity index (χ1v) is 8.69. The first kappa shape index (κ1) is 16.5. The Morgan fingerprint density at radius 3 is 2.48 bits per heavy atom. The normalized spacial score (nSPS) is 22.6. The quantitative estimate of drug-likeness (QED) is 0.807. The molecule has 2 heteroatoms. The van der Waals surface area contributed by atoms with Gasteiger partial charge in [-0.1, -0.05) is 51.1 Å². The molecule has 0 spiro atoms. The summed E-state index contributed by atoms with van der Waals surface area (Å²) in [6.07, 6.45) is 3.88. The van der Waals surface area contributed by atoms with Gasteiger partial charge in [0.2, 0.25) is 0 Å². The van der Waals surface area contributed by atoms with Crippen LogP contribution in [-0.2, 0) is 0 Å². The number of nitrogens with one attached hydrogen (secondary N) is 1. The Kier molecular flexibility index (Phi) is 6.25. The monoisotopic (exact) mass is 288 g/mol. The Hall–Kier alpha value is -0.860. The molecule has 1 aliphatic rings. The van der Waals surface area contributed by atoms with Crippen LogP contribution in [0.1, 0.15) is 58.6 Å². The molecule has 1 heterocycles. The fourth-order valence-electron chi connectivity index (χ4n) is 3.75. The summed E-state index contributed by atoms with van der Waals surface area (Å²) in [4.78, 5) is 2.74. The molecule has 0 bridgehead atoms. The van der Waals surface area contributed by atoms with Gasteiger partial charge in [-0.3, -0.25) is 4.90 Å². The van der Waals surface area contributed by atoms with Crippen LogP contribution in [0.5, 0.6) is 0 Å². The van der Waals surface area contributed by atoms with Crippen molar-refractivity contribution in [2.75, 3.05) is 13.1 Å². The lowest BCUT2D eigenvalue weighted by Gasteiger charge is -2.40.